The molecule has 1 N–H and O–H groups in total. The smallest absolute Gasteiger partial charge is 0.280 e. The number of imidazole rings is 2. The molecule has 0 unspecified atom stereocenters. The Morgan fingerprint density at radius 2 is 1.94 bits per heavy atom. The van der Waals surface area contributed by atoms with Crippen LogP contribution in [0.2, 0.25) is 5.02 Å². The molecule has 0 bridgehead atoms. The predicted octanol–water partition coefficient (Wildman–Crippen LogP) is 2.20. The Labute approximate surface area is 203 Å². The molecular weight excluding hydrogens is 474 g/mol. The van der Waals surface area contributed by atoms with Crippen LogP contribution in [0.3, 0.4) is 0 Å². The molecule has 4 aromatic heterocycles. The predicted molar refractivity (Wildman–Crippen MR) is 127 cm³/mol. The lowest BCUT2D eigenvalue weighted by Crippen LogP contribution is -2.38. The Bertz CT molecular complexity index is 1590. The van der Waals surface area contributed by atoms with Crippen molar-refractivity contribution in [1.82, 2.24) is 39.1 Å². The second-order valence-electron chi connectivity index (χ2n) is 8.04. The zero-order valence-electron chi connectivity index (χ0n) is 18.7. The molecule has 178 valence electrons. The number of hydrogen-bond donors (Lipinski definition) is 1. The molecule has 0 saturated carbocycles. The van der Waals surface area contributed by atoms with E-state index in [1.165, 1.54) is 17.1 Å². The molecule has 0 spiro atoms. The van der Waals surface area contributed by atoms with E-state index in [1.54, 1.807) is 28.8 Å². The molecule has 1 fully saturated rings. The summed E-state index contributed by atoms with van der Waals surface area (Å²) >= 11 is 5.91. The van der Waals surface area contributed by atoms with Crippen molar-refractivity contribution in [1.29, 1.82) is 0 Å². The highest BCUT2D eigenvalue weighted by Crippen LogP contribution is 2.22. The van der Waals surface area contributed by atoms with Crippen LogP contribution in [0.1, 0.15) is 11.5 Å². The molecule has 5 heterocycles. The molecule has 35 heavy (non-hydrogen) atoms. The fourth-order valence-electron chi connectivity index (χ4n) is 3.97. The number of halogens is 1. The Hall–Kier alpha value is -4.03. The number of aromatic nitrogens is 8. The van der Waals surface area contributed by atoms with E-state index < -0.39 is 0 Å². The van der Waals surface area contributed by atoms with Gasteiger partial charge in [0.1, 0.15) is 17.9 Å². The summed E-state index contributed by atoms with van der Waals surface area (Å²) < 4.78 is 14.2. The molecule has 1 aliphatic rings. The first-order valence-electron chi connectivity index (χ1n) is 11.0. The van der Waals surface area contributed by atoms with E-state index in [1.807, 2.05) is 6.92 Å². The fourth-order valence-corrected chi connectivity index (χ4v) is 4.10. The number of benzene rings is 1. The summed E-state index contributed by atoms with van der Waals surface area (Å²) in [5.74, 6) is 2.06. The van der Waals surface area contributed by atoms with Gasteiger partial charge in [-0.25, -0.2) is 15.0 Å². The van der Waals surface area contributed by atoms with E-state index in [2.05, 4.69) is 34.9 Å². The second kappa shape index (κ2) is 8.64. The summed E-state index contributed by atoms with van der Waals surface area (Å²) in [6, 6.07) is 6.94. The number of aromatic amines is 1. The topological polar surface area (TPSA) is 128 Å². The van der Waals surface area contributed by atoms with E-state index in [9.17, 15) is 4.79 Å². The highest BCUT2D eigenvalue weighted by molar-refractivity contribution is 6.30. The van der Waals surface area contributed by atoms with Crippen LogP contribution in [0, 0.1) is 6.92 Å². The average molecular weight is 494 g/mol. The molecule has 0 amide bonds. The van der Waals surface area contributed by atoms with Gasteiger partial charge in [0.25, 0.3) is 5.56 Å². The SMILES string of the molecule is Cc1nc(N2CCOCC2)n2ncn(Cc3nc4ncc(Oc5ccc(Cl)cc5)nc4[nH]3)c(=O)c12. The zero-order valence-corrected chi connectivity index (χ0v) is 19.4. The van der Waals surface area contributed by atoms with E-state index in [0.717, 1.165) is 0 Å². The van der Waals surface area contributed by atoms with Crippen molar-refractivity contribution in [2.24, 2.45) is 0 Å². The number of anilines is 1. The average Bonchev–Trinajstić information content (AvgIpc) is 3.43. The molecule has 0 aliphatic carbocycles. The van der Waals surface area contributed by atoms with Crippen LogP contribution in [0.25, 0.3) is 16.8 Å². The van der Waals surface area contributed by atoms with Crippen LogP contribution in [0.4, 0.5) is 5.95 Å². The summed E-state index contributed by atoms with van der Waals surface area (Å²) in [6.45, 7) is 4.62. The highest BCUT2D eigenvalue weighted by atomic mass is 35.5. The lowest BCUT2D eigenvalue weighted by molar-refractivity contribution is 0.122. The molecule has 5 aromatic rings. The molecule has 1 aromatic carbocycles. The fraction of sp³-hybridized carbons (Fsp3) is 0.273. The van der Waals surface area contributed by atoms with Crippen molar-refractivity contribution in [3.63, 3.8) is 0 Å². The third-order valence-electron chi connectivity index (χ3n) is 5.67. The van der Waals surface area contributed by atoms with Crippen LogP contribution in [0.5, 0.6) is 11.6 Å². The number of aryl methyl sites for hydroxylation is 1. The van der Waals surface area contributed by atoms with Crippen LogP contribution in [-0.4, -0.2) is 65.4 Å². The summed E-state index contributed by atoms with van der Waals surface area (Å²) in [4.78, 5) is 36.2. The van der Waals surface area contributed by atoms with Crippen molar-refractivity contribution in [2.75, 3.05) is 31.2 Å². The first kappa shape index (κ1) is 21.5. The Balaban J connectivity index is 1.28. The summed E-state index contributed by atoms with van der Waals surface area (Å²) in [5, 5.41) is 5.10. The number of fused-ring (bicyclic) bond motifs is 2. The number of rotatable bonds is 5. The van der Waals surface area contributed by atoms with Crippen molar-refractivity contribution in [3.05, 3.63) is 63.7 Å². The van der Waals surface area contributed by atoms with Gasteiger partial charge in [-0.3, -0.25) is 9.36 Å². The lowest BCUT2D eigenvalue weighted by Gasteiger charge is -2.26. The van der Waals surface area contributed by atoms with Gasteiger partial charge in [-0.2, -0.15) is 14.6 Å². The highest BCUT2D eigenvalue weighted by Gasteiger charge is 2.21. The van der Waals surface area contributed by atoms with Crippen LogP contribution in [-0.2, 0) is 11.3 Å². The number of nitrogens with one attached hydrogen (secondary N) is 1. The van der Waals surface area contributed by atoms with Gasteiger partial charge < -0.3 is 19.4 Å². The Morgan fingerprint density at radius 1 is 1.14 bits per heavy atom. The van der Waals surface area contributed by atoms with E-state index in [0.29, 0.717) is 77.2 Å². The minimum atomic E-state index is -0.211. The second-order valence-corrected chi connectivity index (χ2v) is 8.48. The van der Waals surface area contributed by atoms with Gasteiger partial charge in [-0.15, -0.1) is 0 Å². The molecule has 12 nitrogen and oxygen atoms in total. The Kier molecular flexibility index (Phi) is 5.30. The molecule has 1 saturated heterocycles. The number of nitrogens with zero attached hydrogens (tertiary/aromatic N) is 8. The number of morpholine rings is 1. The first-order chi connectivity index (χ1) is 17.0. The van der Waals surface area contributed by atoms with Crippen molar-refractivity contribution >= 4 is 34.4 Å². The minimum absolute atomic E-state index is 0.172. The Morgan fingerprint density at radius 3 is 2.74 bits per heavy atom. The third-order valence-corrected chi connectivity index (χ3v) is 5.92. The largest absolute Gasteiger partial charge is 0.437 e. The number of ether oxygens (including phenoxy) is 2. The van der Waals surface area contributed by atoms with Gasteiger partial charge in [-0.1, -0.05) is 11.6 Å². The summed E-state index contributed by atoms with van der Waals surface area (Å²) in [6.07, 6.45) is 2.98. The lowest BCUT2D eigenvalue weighted by atomic mass is 10.3. The van der Waals surface area contributed by atoms with Crippen molar-refractivity contribution in [3.8, 4) is 11.6 Å². The number of H-pyrrole nitrogens is 1. The van der Waals surface area contributed by atoms with E-state index in [4.69, 9.17) is 21.1 Å². The minimum Gasteiger partial charge on any atom is -0.437 e. The molecular formula is C22H20ClN9O3. The maximum absolute atomic E-state index is 13.3. The summed E-state index contributed by atoms with van der Waals surface area (Å²) in [7, 11) is 0. The zero-order chi connectivity index (χ0) is 23.9. The normalized spacial score (nSPS) is 14.2. The van der Waals surface area contributed by atoms with Gasteiger partial charge in [-0.05, 0) is 31.2 Å². The number of hydrogen-bond acceptors (Lipinski definition) is 9. The molecule has 1 aliphatic heterocycles. The first-order valence-corrected chi connectivity index (χ1v) is 11.4. The van der Waals surface area contributed by atoms with E-state index in [-0.39, 0.29) is 12.1 Å². The van der Waals surface area contributed by atoms with Crippen molar-refractivity contribution in [2.45, 2.75) is 13.5 Å². The van der Waals surface area contributed by atoms with Gasteiger partial charge in [0.05, 0.1) is 31.6 Å². The molecule has 0 radical (unpaired) electrons. The van der Waals surface area contributed by atoms with Crippen LogP contribution < -0.4 is 15.2 Å². The van der Waals surface area contributed by atoms with Crippen LogP contribution in [0.15, 0.2) is 41.6 Å². The maximum atomic E-state index is 13.3. The standard InChI is InChI=1S/C22H20ClN9O3/c1-13-18-21(33)31(12-25-32(18)22(26-13)30-6-8-34-9-7-30)11-16-27-19-20(28-16)29-17(10-24-19)35-15-4-2-14(23)3-5-15/h2-5,10,12H,6-9,11H2,1H3,(H,24,27,28,29). The van der Waals surface area contributed by atoms with E-state index >= 15 is 0 Å². The molecule has 13 heteroatoms. The maximum Gasteiger partial charge on any atom is 0.280 e. The monoisotopic (exact) mass is 493 g/mol. The van der Waals surface area contributed by atoms with Gasteiger partial charge in [0.2, 0.25) is 11.8 Å². The quantitative estimate of drug-likeness (QED) is 0.391. The van der Waals surface area contributed by atoms with Gasteiger partial charge >= 0.3 is 0 Å². The molecule has 6 rings (SSSR count). The third kappa shape index (κ3) is 4.06. The van der Waals surface area contributed by atoms with Crippen molar-refractivity contribution < 1.29 is 9.47 Å². The molecule has 0 atom stereocenters. The van der Waals surface area contributed by atoms with Crippen LogP contribution >= 0.6 is 11.6 Å². The van der Waals surface area contributed by atoms with Gasteiger partial charge in [0, 0.05) is 18.1 Å². The van der Waals surface area contributed by atoms with Gasteiger partial charge in [0.15, 0.2) is 16.8 Å². The summed E-state index contributed by atoms with van der Waals surface area (Å²) in [5.41, 5.74) is 1.71.